The maximum absolute atomic E-state index is 6.12. The molecule has 3 nitrogen and oxygen atoms in total. The van der Waals surface area contributed by atoms with Crippen molar-refractivity contribution in [3.05, 3.63) is 12.7 Å². The van der Waals surface area contributed by atoms with Crippen LogP contribution in [0.4, 0.5) is 0 Å². The first-order chi connectivity index (χ1) is 7.04. The highest BCUT2D eigenvalue weighted by atomic mass is 28.4. The standard InChI is InChI=1S/C10H26O3Si3/c1-8-10(9-11-14,12-15(2,3)4)13-16(5,6)7/h8H,1,9H2,2-7,14H3. The van der Waals surface area contributed by atoms with Gasteiger partial charge in [0.05, 0.1) is 6.61 Å². The fourth-order valence-electron chi connectivity index (χ4n) is 1.46. The number of rotatable bonds is 7. The molecule has 0 radical (unpaired) electrons. The van der Waals surface area contributed by atoms with E-state index in [1.807, 2.05) is 0 Å². The van der Waals surface area contributed by atoms with Crippen LogP contribution >= 0.6 is 0 Å². The van der Waals surface area contributed by atoms with Crippen LogP contribution in [0.5, 0.6) is 0 Å². The number of hydrogen-bond acceptors (Lipinski definition) is 3. The lowest BCUT2D eigenvalue weighted by atomic mass is 10.3. The Morgan fingerprint density at radius 1 is 1.06 bits per heavy atom. The second-order valence-corrected chi connectivity index (χ2v) is 15.3. The smallest absolute Gasteiger partial charge is 0.191 e. The van der Waals surface area contributed by atoms with Crippen LogP contribution in [0, 0.1) is 0 Å². The summed E-state index contributed by atoms with van der Waals surface area (Å²) in [5.41, 5.74) is 0. The molecular formula is C10H26O3Si3. The van der Waals surface area contributed by atoms with E-state index in [0.717, 1.165) is 0 Å². The zero-order valence-electron chi connectivity index (χ0n) is 11.7. The van der Waals surface area contributed by atoms with Gasteiger partial charge in [-0.05, 0) is 45.4 Å². The highest BCUT2D eigenvalue weighted by Gasteiger charge is 2.38. The summed E-state index contributed by atoms with van der Waals surface area (Å²) < 4.78 is 17.6. The Balaban J connectivity index is 4.92. The van der Waals surface area contributed by atoms with Crippen molar-refractivity contribution in [3.8, 4) is 0 Å². The molecule has 0 saturated heterocycles. The zero-order chi connectivity index (χ0) is 13.0. The topological polar surface area (TPSA) is 27.7 Å². The van der Waals surface area contributed by atoms with E-state index in [1.54, 1.807) is 6.08 Å². The van der Waals surface area contributed by atoms with Crippen LogP contribution in [0.3, 0.4) is 0 Å². The van der Waals surface area contributed by atoms with Crippen LogP contribution in [-0.4, -0.2) is 39.5 Å². The largest absolute Gasteiger partial charge is 0.422 e. The van der Waals surface area contributed by atoms with Gasteiger partial charge in [-0.15, -0.1) is 0 Å². The molecule has 0 heterocycles. The second-order valence-electron chi connectivity index (χ2n) is 5.88. The van der Waals surface area contributed by atoms with Crippen molar-refractivity contribution in [1.82, 2.24) is 0 Å². The minimum absolute atomic E-state index is 0.456. The van der Waals surface area contributed by atoms with Gasteiger partial charge in [-0.25, -0.2) is 0 Å². The third kappa shape index (κ3) is 6.77. The molecule has 6 heteroatoms. The summed E-state index contributed by atoms with van der Waals surface area (Å²) in [6.07, 6.45) is 1.75. The molecule has 0 aromatic heterocycles. The summed E-state index contributed by atoms with van der Waals surface area (Å²) in [6, 6.07) is 0. The van der Waals surface area contributed by atoms with Gasteiger partial charge in [0.25, 0.3) is 0 Å². The fourth-order valence-corrected chi connectivity index (χ4v) is 4.39. The van der Waals surface area contributed by atoms with Gasteiger partial charge in [0.2, 0.25) is 0 Å². The minimum Gasteiger partial charge on any atom is -0.422 e. The SMILES string of the molecule is C=CC(CO[SiH3])(O[Si](C)(C)C)O[Si](C)(C)C. The first kappa shape index (κ1) is 16.3. The molecule has 0 aliphatic carbocycles. The minimum atomic E-state index is -1.69. The first-order valence-corrected chi connectivity index (χ1v) is 13.2. The summed E-state index contributed by atoms with van der Waals surface area (Å²) in [6.45, 7) is 17.2. The molecule has 0 aromatic carbocycles. The van der Waals surface area contributed by atoms with Crippen molar-refractivity contribution >= 4 is 27.1 Å². The van der Waals surface area contributed by atoms with Crippen LogP contribution in [0.1, 0.15) is 0 Å². The molecule has 96 valence electrons. The van der Waals surface area contributed by atoms with Gasteiger partial charge in [-0.2, -0.15) is 0 Å². The molecule has 0 atom stereocenters. The molecular weight excluding hydrogens is 252 g/mol. The molecule has 0 aliphatic heterocycles. The van der Waals surface area contributed by atoms with Crippen molar-refractivity contribution in [2.45, 2.75) is 45.1 Å². The van der Waals surface area contributed by atoms with E-state index in [0.29, 0.717) is 17.1 Å². The predicted molar refractivity (Wildman–Crippen MR) is 77.7 cm³/mol. The van der Waals surface area contributed by atoms with Gasteiger partial charge in [0.15, 0.2) is 22.4 Å². The molecule has 0 N–H and O–H groups in total. The van der Waals surface area contributed by atoms with E-state index in [2.05, 4.69) is 45.9 Å². The van der Waals surface area contributed by atoms with Crippen molar-refractivity contribution in [3.63, 3.8) is 0 Å². The molecule has 0 aliphatic rings. The lowest BCUT2D eigenvalue weighted by molar-refractivity contribution is -0.109. The van der Waals surface area contributed by atoms with Crippen molar-refractivity contribution < 1.29 is 13.3 Å². The van der Waals surface area contributed by atoms with E-state index in [4.69, 9.17) is 13.3 Å². The maximum atomic E-state index is 6.12. The Morgan fingerprint density at radius 2 is 1.44 bits per heavy atom. The lowest BCUT2D eigenvalue weighted by Crippen LogP contribution is -2.51. The van der Waals surface area contributed by atoms with Gasteiger partial charge in [0, 0.05) is 0 Å². The van der Waals surface area contributed by atoms with E-state index < -0.39 is 22.4 Å². The van der Waals surface area contributed by atoms with Gasteiger partial charge in [-0.3, -0.25) is 0 Å². The second kappa shape index (κ2) is 5.74. The predicted octanol–water partition coefficient (Wildman–Crippen LogP) is 1.87. The third-order valence-corrected chi connectivity index (χ3v) is 3.82. The highest BCUT2D eigenvalue weighted by Crippen LogP contribution is 2.25. The first-order valence-electron chi connectivity index (χ1n) is 5.56. The van der Waals surface area contributed by atoms with Gasteiger partial charge >= 0.3 is 0 Å². The van der Waals surface area contributed by atoms with Crippen molar-refractivity contribution in [2.24, 2.45) is 0 Å². The van der Waals surface area contributed by atoms with Crippen LogP contribution < -0.4 is 0 Å². The van der Waals surface area contributed by atoms with E-state index in [9.17, 15) is 0 Å². The normalized spacial score (nSPS) is 14.1. The average Bonchev–Trinajstić information content (AvgIpc) is 1.98. The molecule has 0 spiro atoms. The van der Waals surface area contributed by atoms with Gasteiger partial charge in [0.1, 0.15) is 10.5 Å². The molecule has 0 fully saturated rings. The monoisotopic (exact) mass is 278 g/mol. The molecule has 0 saturated carbocycles. The molecule has 0 rings (SSSR count). The Labute approximate surface area is 105 Å². The summed E-state index contributed by atoms with van der Waals surface area (Å²) in [7, 11) is -2.70. The molecule has 16 heavy (non-hydrogen) atoms. The maximum Gasteiger partial charge on any atom is 0.191 e. The Hall–Kier alpha value is 0.271. The Kier molecular flexibility index (Phi) is 5.84. The van der Waals surface area contributed by atoms with Crippen molar-refractivity contribution in [2.75, 3.05) is 6.61 Å². The van der Waals surface area contributed by atoms with Crippen LogP contribution in [0.2, 0.25) is 39.3 Å². The summed E-state index contributed by atoms with van der Waals surface area (Å²) in [5, 5.41) is 0. The Bertz CT molecular complexity index is 214. The number of hydrogen-bond donors (Lipinski definition) is 0. The van der Waals surface area contributed by atoms with Crippen LogP contribution in [0.15, 0.2) is 12.7 Å². The average molecular weight is 279 g/mol. The van der Waals surface area contributed by atoms with Crippen LogP contribution in [-0.2, 0) is 13.3 Å². The van der Waals surface area contributed by atoms with Crippen molar-refractivity contribution in [1.29, 1.82) is 0 Å². The van der Waals surface area contributed by atoms with E-state index >= 15 is 0 Å². The van der Waals surface area contributed by atoms with E-state index in [-0.39, 0.29) is 0 Å². The highest BCUT2D eigenvalue weighted by molar-refractivity contribution is 6.71. The molecule has 0 aromatic rings. The Morgan fingerprint density at radius 3 is 1.62 bits per heavy atom. The van der Waals surface area contributed by atoms with Crippen LogP contribution in [0.25, 0.3) is 0 Å². The molecule has 0 amide bonds. The molecule has 0 unspecified atom stereocenters. The summed E-state index contributed by atoms with van der Waals surface area (Å²) in [5.74, 6) is -0.739. The van der Waals surface area contributed by atoms with E-state index in [1.165, 1.54) is 0 Å². The fraction of sp³-hybridized carbons (Fsp3) is 0.800. The summed E-state index contributed by atoms with van der Waals surface area (Å²) >= 11 is 0. The summed E-state index contributed by atoms with van der Waals surface area (Å²) in [4.78, 5) is 0. The zero-order valence-corrected chi connectivity index (χ0v) is 15.7. The quantitative estimate of drug-likeness (QED) is 0.404. The lowest BCUT2D eigenvalue weighted by Gasteiger charge is -2.40. The van der Waals surface area contributed by atoms with Gasteiger partial charge < -0.3 is 13.3 Å². The molecule has 0 bridgehead atoms. The van der Waals surface area contributed by atoms with Gasteiger partial charge in [-0.1, -0.05) is 6.58 Å². The third-order valence-electron chi connectivity index (χ3n) is 1.61.